The Morgan fingerprint density at radius 1 is 1.35 bits per heavy atom. The fourth-order valence-electron chi connectivity index (χ4n) is 2.46. The zero-order valence-corrected chi connectivity index (χ0v) is 12.2. The molecule has 0 saturated carbocycles. The number of aliphatic hydroxyl groups is 1. The molecule has 1 aromatic carbocycles. The van der Waals surface area contributed by atoms with Gasteiger partial charge in [-0.1, -0.05) is 44.2 Å². The maximum Gasteiger partial charge on any atom is 0.239 e. The summed E-state index contributed by atoms with van der Waals surface area (Å²) in [7, 11) is 0. The van der Waals surface area contributed by atoms with Crippen molar-refractivity contribution in [2.24, 2.45) is 11.7 Å². The van der Waals surface area contributed by atoms with Crippen molar-refractivity contribution < 1.29 is 9.90 Å². The van der Waals surface area contributed by atoms with Gasteiger partial charge < -0.3 is 15.7 Å². The molecule has 1 aliphatic heterocycles. The van der Waals surface area contributed by atoms with Crippen LogP contribution in [0.4, 0.5) is 0 Å². The first-order valence-electron chi connectivity index (χ1n) is 7.23. The van der Waals surface area contributed by atoms with Crippen molar-refractivity contribution in [1.82, 2.24) is 4.90 Å². The molecule has 1 atom stereocenters. The highest BCUT2D eigenvalue weighted by atomic mass is 16.3. The lowest BCUT2D eigenvalue weighted by atomic mass is 9.82. The Hall–Kier alpha value is -1.39. The van der Waals surface area contributed by atoms with E-state index in [4.69, 9.17) is 5.73 Å². The Kier molecular flexibility index (Phi) is 4.45. The molecule has 0 aliphatic carbocycles. The van der Waals surface area contributed by atoms with Gasteiger partial charge in [-0.05, 0) is 24.3 Å². The molecule has 4 nitrogen and oxygen atoms in total. The van der Waals surface area contributed by atoms with E-state index in [0.717, 1.165) is 6.42 Å². The molecule has 20 heavy (non-hydrogen) atoms. The molecule has 1 heterocycles. The Bertz CT molecular complexity index is 453. The third-order valence-corrected chi connectivity index (χ3v) is 4.22. The number of rotatable bonds is 5. The van der Waals surface area contributed by atoms with Crippen molar-refractivity contribution in [1.29, 1.82) is 0 Å². The second kappa shape index (κ2) is 5.94. The highest BCUT2D eigenvalue weighted by Crippen LogP contribution is 2.29. The Morgan fingerprint density at radius 3 is 2.50 bits per heavy atom. The third kappa shape index (κ3) is 3.19. The molecule has 4 heteroatoms. The number of nitrogens with zero attached hydrogens (tertiary/aromatic N) is 1. The van der Waals surface area contributed by atoms with Gasteiger partial charge >= 0.3 is 0 Å². The zero-order valence-electron chi connectivity index (χ0n) is 12.2. The quantitative estimate of drug-likeness (QED) is 0.848. The Labute approximate surface area is 120 Å². The number of aryl methyl sites for hydroxylation is 1. The summed E-state index contributed by atoms with van der Waals surface area (Å²) in [5, 5.41) is 10.2. The van der Waals surface area contributed by atoms with Crippen LogP contribution in [-0.2, 0) is 11.2 Å². The number of hydrogen-bond donors (Lipinski definition) is 2. The average Bonchev–Trinajstić information content (AvgIpc) is 2.41. The fraction of sp³-hybridized carbons (Fsp3) is 0.562. The fourth-order valence-corrected chi connectivity index (χ4v) is 2.46. The molecule has 0 aromatic heterocycles. The topological polar surface area (TPSA) is 66.6 Å². The van der Waals surface area contributed by atoms with Crippen LogP contribution < -0.4 is 5.73 Å². The lowest BCUT2D eigenvalue weighted by molar-refractivity contribution is -0.165. The minimum Gasteiger partial charge on any atom is -0.386 e. The molecule has 3 N–H and O–H groups in total. The van der Waals surface area contributed by atoms with Crippen LogP contribution in [0, 0.1) is 5.92 Å². The number of likely N-dealkylation sites (tertiary alicyclic amines) is 1. The smallest absolute Gasteiger partial charge is 0.239 e. The molecule has 1 saturated heterocycles. The lowest BCUT2D eigenvalue weighted by Crippen LogP contribution is -2.68. The van der Waals surface area contributed by atoms with Gasteiger partial charge in [-0.15, -0.1) is 0 Å². The van der Waals surface area contributed by atoms with Crippen molar-refractivity contribution >= 4 is 5.91 Å². The van der Waals surface area contributed by atoms with E-state index in [2.05, 4.69) is 0 Å². The third-order valence-electron chi connectivity index (χ3n) is 4.22. The molecule has 1 aromatic rings. The highest BCUT2D eigenvalue weighted by Gasteiger charge is 2.46. The first-order valence-corrected chi connectivity index (χ1v) is 7.23. The first kappa shape index (κ1) is 15.0. The summed E-state index contributed by atoms with van der Waals surface area (Å²) in [5.41, 5.74) is 6.43. The van der Waals surface area contributed by atoms with Crippen molar-refractivity contribution in [2.45, 2.75) is 38.3 Å². The molecule has 0 unspecified atom stereocenters. The second-order valence-electron chi connectivity index (χ2n) is 6.08. The summed E-state index contributed by atoms with van der Waals surface area (Å²) in [6, 6.07) is 9.55. The van der Waals surface area contributed by atoms with E-state index < -0.39 is 11.6 Å². The van der Waals surface area contributed by atoms with E-state index in [9.17, 15) is 9.90 Å². The maximum atomic E-state index is 12.1. The van der Waals surface area contributed by atoms with Crippen LogP contribution in [0.5, 0.6) is 0 Å². The van der Waals surface area contributed by atoms with Crippen LogP contribution in [-0.4, -0.2) is 40.6 Å². The summed E-state index contributed by atoms with van der Waals surface area (Å²) in [6.07, 6.45) is 1.44. The molecule has 0 radical (unpaired) electrons. The van der Waals surface area contributed by atoms with Gasteiger partial charge in [0.1, 0.15) is 5.60 Å². The molecule has 1 amide bonds. The minimum absolute atomic E-state index is 0.0498. The Morgan fingerprint density at radius 2 is 1.95 bits per heavy atom. The number of nitrogens with two attached hydrogens (primary N) is 1. The van der Waals surface area contributed by atoms with E-state index in [0.29, 0.717) is 19.5 Å². The summed E-state index contributed by atoms with van der Waals surface area (Å²) < 4.78 is 0. The normalized spacial score (nSPS) is 18.8. The monoisotopic (exact) mass is 276 g/mol. The van der Waals surface area contributed by atoms with Gasteiger partial charge in [0.2, 0.25) is 5.91 Å². The minimum atomic E-state index is -0.727. The molecule has 0 spiro atoms. The number of benzene rings is 1. The van der Waals surface area contributed by atoms with E-state index in [1.165, 1.54) is 5.56 Å². The highest BCUT2D eigenvalue weighted by molar-refractivity contribution is 5.82. The SMILES string of the molecule is CC(C)C1(O)CN(C(=O)[C@@H](N)CCc2ccccc2)C1. The van der Waals surface area contributed by atoms with Gasteiger partial charge in [0.15, 0.2) is 0 Å². The van der Waals surface area contributed by atoms with Crippen molar-refractivity contribution in [3.05, 3.63) is 35.9 Å². The summed E-state index contributed by atoms with van der Waals surface area (Å²) in [5.74, 6) is 0.110. The van der Waals surface area contributed by atoms with Crippen LogP contribution in [0.15, 0.2) is 30.3 Å². The van der Waals surface area contributed by atoms with E-state index in [1.807, 2.05) is 44.2 Å². The van der Waals surface area contributed by atoms with Crippen LogP contribution in [0.25, 0.3) is 0 Å². The average molecular weight is 276 g/mol. The first-order chi connectivity index (χ1) is 9.42. The van der Waals surface area contributed by atoms with Crippen molar-refractivity contribution in [2.75, 3.05) is 13.1 Å². The van der Waals surface area contributed by atoms with E-state index >= 15 is 0 Å². The number of hydrogen-bond acceptors (Lipinski definition) is 3. The molecule has 0 bridgehead atoms. The summed E-state index contributed by atoms with van der Waals surface area (Å²) in [6.45, 7) is 4.75. The van der Waals surface area contributed by atoms with Crippen molar-refractivity contribution in [3.63, 3.8) is 0 Å². The predicted octanol–water partition coefficient (Wildman–Crippen LogP) is 1.18. The van der Waals surface area contributed by atoms with E-state index in [-0.39, 0.29) is 11.8 Å². The molecular formula is C16H24N2O2. The lowest BCUT2D eigenvalue weighted by Gasteiger charge is -2.49. The molecule has 1 aliphatic rings. The van der Waals surface area contributed by atoms with Gasteiger partial charge in [0.25, 0.3) is 0 Å². The van der Waals surface area contributed by atoms with Gasteiger partial charge in [-0.3, -0.25) is 4.79 Å². The summed E-state index contributed by atoms with van der Waals surface area (Å²) in [4.78, 5) is 13.8. The van der Waals surface area contributed by atoms with Gasteiger partial charge in [0, 0.05) is 0 Å². The summed E-state index contributed by atoms with van der Waals surface area (Å²) >= 11 is 0. The molecule has 110 valence electrons. The predicted molar refractivity (Wildman–Crippen MR) is 79.1 cm³/mol. The number of carbonyl (C=O) groups excluding carboxylic acids is 1. The molecule has 1 fully saturated rings. The van der Waals surface area contributed by atoms with Crippen LogP contribution >= 0.6 is 0 Å². The zero-order chi connectivity index (χ0) is 14.8. The molecular weight excluding hydrogens is 252 g/mol. The standard InChI is InChI=1S/C16H24N2O2/c1-12(2)16(20)10-18(11-16)15(19)14(17)9-8-13-6-4-3-5-7-13/h3-7,12,14,20H,8-11,17H2,1-2H3/t14-/m0/s1. The largest absolute Gasteiger partial charge is 0.386 e. The van der Waals surface area contributed by atoms with E-state index in [1.54, 1.807) is 4.90 Å². The number of amides is 1. The maximum absolute atomic E-state index is 12.1. The van der Waals surface area contributed by atoms with Crippen molar-refractivity contribution in [3.8, 4) is 0 Å². The number of carbonyl (C=O) groups is 1. The van der Waals surface area contributed by atoms with Gasteiger partial charge in [-0.2, -0.15) is 0 Å². The molecule has 2 rings (SSSR count). The Balaban J connectivity index is 1.79. The van der Waals surface area contributed by atoms with Gasteiger partial charge in [-0.25, -0.2) is 0 Å². The second-order valence-corrected chi connectivity index (χ2v) is 6.08. The van der Waals surface area contributed by atoms with Crippen LogP contribution in [0.1, 0.15) is 25.8 Å². The van der Waals surface area contributed by atoms with Crippen LogP contribution in [0.3, 0.4) is 0 Å². The van der Waals surface area contributed by atoms with Gasteiger partial charge in [0.05, 0.1) is 19.1 Å². The number of β-amino-alcohol motifs (C(OH)–C–C–N with tert-alkyl or cyclic N) is 1. The van der Waals surface area contributed by atoms with Crippen LogP contribution in [0.2, 0.25) is 0 Å².